The van der Waals surface area contributed by atoms with Gasteiger partial charge >= 0.3 is 6.18 Å². The summed E-state index contributed by atoms with van der Waals surface area (Å²) in [5.74, 6) is 0.486. The maximum atomic E-state index is 13.2. The van der Waals surface area contributed by atoms with Crippen molar-refractivity contribution in [2.45, 2.75) is 13.1 Å². The SMILES string of the molecule is COc1cc(/C=C/c2nc(-c3cnccc3C(F)(F)F)no2)ccc1-n1cnc(C)c1. The lowest BCUT2D eigenvalue weighted by molar-refractivity contribution is -0.137. The van der Waals surface area contributed by atoms with Gasteiger partial charge in [-0.1, -0.05) is 11.2 Å². The van der Waals surface area contributed by atoms with Crippen molar-refractivity contribution in [3.05, 3.63) is 71.9 Å². The first-order valence-electron chi connectivity index (χ1n) is 9.07. The molecule has 0 unspecified atom stereocenters. The lowest BCUT2D eigenvalue weighted by Gasteiger charge is -2.09. The van der Waals surface area contributed by atoms with Crippen LogP contribution in [0, 0.1) is 6.92 Å². The van der Waals surface area contributed by atoms with Gasteiger partial charge in [-0.25, -0.2) is 4.98 Å². The largest absolute Gasteiger partial charge is 0.495 e. The summed E-state index contributed by atoms with van der Waals surface area (Å²) in [6, 6.07) is 6.39. The van der Waals surface area contributed by atoms with Crippen molar-refractivity contribution >= 4 is 12.2 Å². The van der Waals surface area contributed by atoms with Gasteiger partial charge in [0, 0.05) is 24.7 Å². The van der Waals surface area contributed by atoms with Crippen LogP contribution in [0.4, 0.5) is 13.2 Å². The van der Waals surface area contributed by atoms with Gasteiger partial charge in [0.1, 0.15) is 5.75 Å². The van der Waals surface area contributed by atoms with Crippen molar-refractivity contribution in [2.75, 3.05) is 7.11 Å². The topological polar surface area (TPSA) is 78.9 Å². The summed E-state index contributed by atoms with van der Waals surface area (Å²) in [6.07, 6.45) is 4.34. The number of alkyl halides is 3. The number of rotatable bonds is 5. The van der Waals surface area contributed by atoms with Crippen LogP contribution >= 0.6 is 0 Å². The number of halogens is 3. The van der Waals surface area contributed by atoms with Gasteiger partial charge in [0.05, 0.1) is 35.9 Å². The molecular formula is C21H16F3N5O2. The molecule has 0 fully saturated rings. The highest BCUT2D eigenvalue weighted by molar-refractivity contribution is 5.69. The molecule has 0 spiro atoms. The first-order chi connectivity index (χ1) is 14.8. The molecule has 158 valence electrons. The van der Waals surface area contributed by atoms with Gasteiger partial charge in [-0.05, 0) is 36.8 Å². The van der Waals surface area contributed by atoms with Crippen LogP contribution in [0.15, 0.2) is 53.7 Å². The van der Waals surface area contributed by atoms with Gasteiger partial charge in [0.2, 0.25) is 5.82 Å². The second-order valence-electron chi connectivity index (χ2n) is 6.56. The van der Waals surface area contributed by atoms with E-state index in [0.29, 0.717) is 5.75 Å². The number of hydrogen-bond acceptors (Lipinski definition) is 6. The highest BCUT2D eigenvalue weighted by atomic mass is 19.4. The standard InChI is InChI=1S/C21H16F3N5O2/c1-13-11-29(12-26-13)17-5-3-14(9-18(17)30-2)4-6-19-27-20(28-31-19)15-10-25-8-7-16(15)21(22,23)24/h3-12H,1-2H3/b6-4+. The fraction of sp³-hybridized carbons (Fsp3) is 0.143. The number of aromatic nitrogens is 5. The van der Waals surface area contributed by atoms with Crippen molar-refractivity contribution in [1.29, 1.82) is 0 Å². The average Bonchev–Trinajstić information content (AvgIpc) is 3.40. The third-order valence-electron chi connectivity index (χ3n) is 4.42. The minimum absolute atomic E-state index is 0.0558. The predicted molar refractivity (Wildman–Crippen MR) is 106 cm³/mol. The van der Waals surface area contributed by atoms with Gasteiger partial charge < -0.3 is 13.8 Å². The van der Waals surface area contributed by atoms with Crippen LogP contribution in [0.3, 0.4) is 0 Å². The molecule has 0 aliphatic carbocycles. The molecule has 0 aliphatic heterocycles. The first-order valence-corrected chi connectivity index (χ1v) is 9.07. The number of ether oxygens (including phenoxy) is 1. The molecule has 31 heavy (non-hydrogen) atoms. The summed E-state index contributed by atoms with van der Waals surface area (Å²) in [4.78, 5) is 12.0. The van der Waals surface area contributed by atoms with E-state index in [-0.39, 0.29) is 17.3 Å². The van der Waals surface area contributed by atoms with Crippen LogP contribution < -0.4 is 4.74 Å². The normalized spacial score (nSPS) is 11.9. The summed E-state index contributed by atoms with van der Waals surface area (Å²) in [5.41, 5.74) is 1.33. The van der Waals surface area contributed by atoms with E-state index in [1.807, 2.05) is 29.8 Å². The summed E-state index contributed by atoms with van der Waals surface area (Å²) in [5, 5.41) is 3.65. The lowest BCUT2D eigenvalue weighted by atomic mass is 10.1. The van der Waals surface area contributed by atoms with E-state index in [1.165, 1.54) is 6.08 Å². The Kier molecular flexibility index (Phi) is 5.28. The number of imidazole rings is 1. The van der Waals surface area contributed by atoms with E-state index in [2.05, 4.69) is 20.1 Å². The Balaban J connectivity index is 1.59. The number of hydrogen-bond donors (Lipinski definition) is 0. The van der Waals surface area contributed by atoms with Gasteiger partial charge in [0.25, 0.3) is 5.89 Å². The fourth-order valence-electron chi connectivity index (χ4n) is 2.96. The molecule has 3 heterocycles. The van der Waals surface area contributed by atoms with Crippen molar-refractivity contribution in [2.24, 2.45) is 0 Å². The van der Waals surface area contributed by atoms with Crippen LogP contribution in [0.25, 0.3) is 29.2 Å². The smallest absolute Gasteiger partial charge is 0.417 e. The molecule has 10 heteroatoms. The van der Waals surface area contributed by atoms with Crippen molar-refractivity contribution < 1.29 is 22.4 Å². The lowest BCUT2D eigenvalue weighted by Crippen LogP contribution is -2.07. The third-order valence-corrected chi connectivity index (χ3v) is 4.42. The van der Waals surface area contributed by atoms with E-state index in [1.54, 1.807) is 25.6 Å². The maximum Gasteiger partial charge on any atom is 0.417 e. The molecule has 0 aliphatic rings. The molecule has 0 N–H and O–H groups in total. The van der Waals surface area contributed by atoms with Crippen LogP contribution in [0.5, 0.6) is 5.75 Å². The zero-order valence-electron chi connectivity index (χ0n) is 16.5. The highest BCUT2D eigenvalue weighted by Crippen LogP contribution is 2.35. The van der Waals surface area contributed by atoms with Gasteiger partial charge in [-0.15, -0.1) is 0 Å². The summed E-state index contributed by atoms with van der Waals surface area (Å²) < 4.78 is 52.0. The first kappa shape index (κ1) is 20.3. The van der Waals surface area contributed by atoms with Gasteiger partial charge in [-0.2, -0.15) is 18.2 Å². The highest BCUT2D eigenvalue weighted by Gasteiger charge is 2.34. The summed E-state index contributed by atoms with van der Waals surface area (Å²) in [6.45, 7) is 1.89. The Bertz CT molecular complexity index is 1240. The molecular weight excluding hydrogens is 411 g/mol. The third kappa shape index (κ3) is 4.32. The summed E-state index contributed by atoms with van der Waals surface area (Å²) >= 11 is 0. The minimum Gasteiger partial charge on any atom is -0.495 e. The Morgan fingerprint density at radius 1 is 1.16 bits per heavy atom. The Morgan fingerprint density at radius 2 is 2.00 bits per heavy atom. The second kappa shape index (κ2) is 8.05. The Labute approximate surface area is 174 Å². The average molecular weight is 427 g/mol. The maximum absolute atomic E-state index is 13.2. The fourth-order valence-corrected chi connectivity index (χ4v) is 2.96. The van der Waals surface area contributed by atoms with E-state index < -0.39 is 11.7 Å². The minimum atomic E-state index is -4.55. The number of benzene rings is 1. The Hall–Kier alpha value is -3.95. The summed E-state index contributed by atoms with van der Waals surface area (Å²) in [7, 11) is 1.56. The number of aryl methyl sites for hydroxylation is 1. The van der Waals surface area contributed by atoms with E-state index in [4.69, 9.17) is 9.26 Å². The van der Waals surface area contributed by atoms with Crippen LogP contribution in [0.2, 0.25) is 0 Å². The molecule has 3 aromatic heterocycles. The molecule has 0 saturated heterocycles. The van der Waals surface area contributed by atoms with Crippen LogP contribution in [-0.2, 0) is 6.18 Å². The molecule has 7 nitrogen and oxygen atoms in total. The number of nitrogens with zero attached hydrogens (tertiary/aromatic N) is 5. The predicted octanol–water partition coefficient (Wildman–Crippen LogP) is 4.82. The Morgan fingerprint density at radius 3 is 2.71 bits per heavy atom. The molecule has 4 aromatic rings. The van der Waals surface area contributed by atoms with Crippen molar-refractivity contribution in [3.63, 3.8) is 0 Å². The molecule has 0 amide bonds. The second-order valence-corrected chi connectivity index (χ2v) is 6.56. The number of methoxy groups -OCH3 is 1. The van der Waals surface area contributed by atoms with Gasteiger partial charge in [0.15, 0.2) is 0 Å². The van der Waals surface area contributed by atoms with E-state index >= 15 is 0 Å². The van der Waals surface area contributed by atoms with Crippen LogP contribution in [-0.4, -0.2) is 31.8 Å². The number of pyridine rings is 1. The van der Waals surface area contributed by atoms with Crippen molar-refractivity contribution in [1.82, 2.24) is 24.7 Å². The van der Waals surface area contributed by atoms with Crippen molar-refractivity contribution in [3.8, 4) is 22.8 Å². The molecule has 0 atom stereocenters. The monoisotopic (exact) mass is 427 g/mol. The van der Waals surface area contributed by atoms with E-state index in [0.717, 1.165) is 35.4 Å². The van der Waals surface area contributed by atoms with E-state index in [9.17, 15) is 13.2 Å². The van der Waals surface area contributed by atoms with Gasteiger partial charge in [-0.3, -0.25) is 4.98 Å². The zero-order valence-corrected chi connectivity index (χ0v) is 16.5. The molecule has 0 bridgehead atoms. The molecule has 0 saturated carbocycles. The van der Waals surface area contributed by atoms with Crippen LogP contribution in [0.1, 0.15) is 22.7 Å². The quantitative estimate of drug-likeness (QED) is 0.454. The zero-order chi connectivity index (χ0) is 22.0. The molecule has 4 rings (SSSR count). The molecule has 0 radical (unpaired) electrons. The molecule has 1 aromatic carbocycles.